The highest BCUT2D eigenvalue weighted by Crippen LogP contribution is 2.30. The van der Waals surface area contributed by atoms with Gasteiger partial charge in [-0.25, -0.2) is 4.79 Å². The van der Waals surface area contributed by atoms with Gasteiger partial charge < -0.3 is 30.0 Å². The maximum Gasteiger partial charge on any atom is 0.315 e. The number of amides is 2. The third kappa shape index (κ3) is 4.26. The maximum atomic E-state index is 11.9. The van der Waals surface area contributed by atoms with Gasteiger partial charge in [-0.05, 0) is 29.8 Å². The topological polar surface area (TPSA) is 89.1 Å². The predicted molar refractivity (Wildman–Crippen MR) is 91.3 cm³/mol. The summed E-state index contributed by atoms with van der Waals surface area (Å²) in [6, 6.07) is 12.0. The Hall–Kier alpha value is -3.09. The molecule has 0 fully saturated rings. The number of carbonyl (C=O) groups excluding carboxylic acids is 1. The number of phenolic OH excluding ortho intramolecular Hbond substituents is 1. The van der Waals surface area contributed by atoms with Crippen LogP contribution in [0.5, 0.6) is 23.0 Å². The molecule has 132 valence electrons. The molecule has 0 saturated carbocycles. The molecule has 1 atom stereocenters. The first-order valence-corrected chi connectivity index (χ1v) is 7.92. The van der Waals surface area contributed by atoms with E-state index in [1.807, 2.05) is 24.3 Å². The van der Waals surface area contributed by atoms with Crippen LogP contribution in [0.4, 0.5) is 4.79 Å². The Morgan fingerprint density at radius 1 is 1.24 bits per heavy atom. The van der Waals surface area contributed by atoms with Crippen LogP contribution >= 0.6 is 0 Å². The van der Waals surface area contributed by atoms with Gasteiger partial charge in [-0.15, -0.1) is 0 Å². The van der Waals surface area contributed by atoms with Crippen molar-refractivity contribution in [3.05, 3.63) is 48.0 Å². The SMILES string of the molecule is COc1cc(CNC(=O)NC[C@@H]2COc3ccccc3O2)ccc1O. The van der Waals surface area contributed by atoms with Crippen molar-refractivity contribution in [3.8, 4) is 23.0 Å². The standard InChI is InChI=1S/C18H20N2O5/c1-23-17-8-12(6-7-14(17)21)9-19-18(22)20-10-13-11-24-15-4-2-3-5-16(15)25-13/h2-8,13,21H,9-11H2,1H3,(H2,19,20,22)/t13-/m1/s1. The number of rotatable bonds is 5. The molecular formula is C18H20N2O5. The lowest BCUT2D eigenvalue weighted by molar-refractivity contribution is 0.0918. The highest BCUT2D eigenvalue weighted by Gasteiger charge is 2.20. The lowest BCUT2D eigenvalue weighted by atomic mass is 10.2. The number of methoxy groups -OCH3 is 1. The summed E-state index contributed by atoms with van der Waals surface area (Å²) in [6.07, 6.45) is -0.241. The van der Waals surface area contributed by atoms with E-state index in [-0.39, 0.29) is 17.9 Å². The van der Waals surface area contributed by atoms with E-state index in [1.54, 1.807) is 12.1 Å². The first-order chi connectivity index (χ1) is 12.2. The number of phenols is 1. The predicted octanol–water partition coefficient (Wildman–Crippen LogP) is 2.04. The molecule has 0 saturated heterocycles. The van der Waals surface area contributed by atoms with Crippen molar-refractivity contribution in [1.82, 2.24) is 10.6 Å². The van der Waals surface area contributed by atoms with E-state index < -0.39 is 0 Å². The van der Waals surface area contributed by atoms with Crippen molar-refractivity contribution in [2.24, 2.45) is 0 Å². The van der Waals surface area contributed by atoms with E-state index in [0.29, 0.717) is 36.9 Å². The lowest BCUT2D eigenvalue weighted by Gasteiger charge is -2.26. The third-order valence-electron chi connectivity index (χ3n) is 3.76. The lowest BCUT2D eigenvalue weighted by Crippen LogP contribution is -2.44. The Morgan fingerprint density at radius 3 is 2.84 bits per heavy atom. The second-order valence-corrected chi connectivity index (χ2v) is 5.57. The summed E-state index contributed by atoms with van der Waals surface area (Å²) >= 11 is 0. The van der Waals surface area contributed by atoms with Crippen molar-refractivity contribution < 1.29 is 24.1 Å². The molecule has 1 aliphatic heterocycles. The van der Waals surface area contributed by atoms with Crippen molar-refractivity contribution in [2.45, 2.75) is 12.6 Å². The third-order valence-corrected chi connectivity index (χ3v) is 3.76. The molecular weight excluding hydrogens is 324 g/mol. The fraction of sp³-hybridized carbons (Fsp3) is 0.278. The van der Waals surface area contributed by atoms with Crippen molar-refractivity contribution in [1.29, 1.82) is 0 Å². The summed E-state index contributed by atoms with van der Waals surface area (Å²) in [6.45, 7) is 1.03. The number of nitrogens with one attached hydrogen (secondary N) is 2. The summed E-state index contributed by atoms with van der Waals surface area (Å²) in [5.74, 6) is 1.82. The van der Waals surface area contributed by atoms with Crippen LogP contribution in [0.15, 0.2) is 42.5 Å². The van der Waals surface area contributed by atoms with Gasteiger partial charge in [-0.2, -0.15) is 0 Å². The highest BCUT2D eigenvalue weighted by atomic mass is 16.6. The molecule has 7 heteroatoms. The molecule has 1 aliphatic rings. The summed E-state index contributed by atoms with van der Waals surface area (Å²) in [4.78, 5) is 11.9. The molecule has 2 amide bonds. The van der Waals surface area contributed by atoms with Gasteiger partial charge in [-0.3, -0.25) is 0 Å². The van der Waals surface area contributed by atoms with E-state index in [0.717, 1.165) is 5.56 Å². The van der Waals surface area contributed by atoms with E-state index in [4.69, 9.17) is 14.2 Å². The number of para-hydroxylation sites is 2. The second-order valence-electron chi connectivity index (χ2n) is 5.57. The highest BCUT2D eigenvalue weighted by molar-refractivity contribution is 5.73. The Labute approximate surface area is 145 Å². The number of urea groups is 1. The maximum absolute atomic E-state index is 11.9. The minimum absolute atomic E-state index is 0.0606. The van der Waals surface area contributed by atoms with Gasteiger partial charge in [-0.1, -0.05) is 18.2 Å². The zero-order chi connectivity index (χ0) is 17.6. The molecule has 1 heterocycles. The van der Waals surface area contributed by atoms with Gasteiger partial charge >= 0.3 is 6.03 Å². The van der Waals surface area contributed by atoms with Crippen LogP contribution in [0, 0.1) is 0 Å². The fourth-order valence-corrected chi connectivity index (χ4v) is 2.45. The summed E-state index contributed by atoms with van der Waals surface area (Å²) in [7, 11) is 1.48. The van der Waals surface area contributed by atoms with Crippen LogP contribution in [-0.2, 0) is 6.54 Å². The van der Waals surface area contributed by atoms with Gasteiger partial charge in [0.05, 0.1) is 13.7 Å². The quantitative estimate of drug-likeness (QED) is 0.772. The number of ether oxygens (including phenoxy) is 3. The van der Waals surface area contributed by atoms with Gasteiger partial charge in [0.1, 0.15) is 6.61 Å². The van der Waals surface area contributed by atoms with Crippen molar-refractivity contribution >= 4 is 6.03 Å². The monoisotopic (exact) mass is 344 g/mol. The summed E-state index contributed by atoms with van der Waals surface area (Å²) in [5.41, 5.74) is 0.816. The second kappa shape index (κ2) is 7.65. The average molecular weight is 344 g/mol. The molecule has 3 N–H and O–H groups in total. The number of hydrogen-bond acceptors (Lipinski definition) is 5. The molecule has 0 unspecified atom stereocenters. The van der Waals surface area contributed by atoms with Gasteiger partial charge in [0.2, 0.25) is 0 Å². The number of benzene rings is 2. The Kier molecular flexibility index (Phi) is 5.13. The molecule has 2 aromatic carbocycles. The molecule has 0 aromatic heterocycles. The molecule has 0 spiro atoms. The number of hydrogen-bond donors (Lipinski definition) is 3. The fourth-order valence-electron chi connectivity index (χ4n) is 2.45. The van der Waals surface area contributed by atoms with E-state index in [9.17, 15) is 9.90 Å². The van der Waals surface area contributed by atoms with Crippen LogP contribution < -0.4 is 24.8 Å². The van der Waals surface area contributed by atoms with E-state index in [1.165, 1.54) is 13.2 Å². The molecule has 0 aliphatic carbocycles. The Morgan fingerprint density at radius 2 is 2.04 bits per heavy atom. The summed E-state index contributed by atoms with van der Waals surface area (Å²) in [5, 5.41) is 15.1. The average Bonchev–Trinajstić information content (AvgIpc) is 2.65. The van der Waals surface area contributed by atoms with Crippen LogP contribution in [0.25, 0.3) is 0 Å². The first-order valence-electron chi connectivity index (χ1n) is 7.92. The summed E-state index contributed by atoms with van der Waals surface area (Å²) < 4.78 is 16.4. The zero-order valence-electron chi connectivity index (χ0n) is 13.8. The Balaban J connectivity index is 1.44. The van der Waals surface area contributed by atoms with Gasteiger partial charge in [0, 0.05) is 6.54 Å². The van der Waals surface area contributed by atoms with Crippen LogP contribution in [0.1, 0.15) is 5.56 Å². The van der Waals surface area contributed by atoms with Crippen LogP contribution in [-0.4, -0.2) is 37.5 Å². The first kappa shape index (κ1) is 16.8. The van der Waals surface area contributed by atoms with Gasteiger partial charge in [0.15, 0.2) is 29.1 Å². The molecule has 0 bridgehead atoms. The molecule has 0 radical (unpaired) electrons. The van der Waals surface area contributed by atoms with Crippen molar-refractivity contribution in [3.63, 3.8) is 0 Å². The van der Waals surface area contributed by atoms with Crippen LogP contribution in [0.2, 0.25) is 0 Å². The van der Waals surface area contributed by atoms with E-state index >= 15 is 0 Å². The number of carbonyl (C=O) groups is 1. The van der Waals surface area contributed by atoms with Crippen molar-refractivity contribution in [2.75, 3.05) is 20.3 Å². The molecule has 7 nitrogen and oxygen atoms in total. The minimum Gasteiger partial charge on any atom is -0.504 e. The smallest absolute Gasteiger partial charge is 0.315 e. The number of fused-ring (bicyclic) bond motifs is 1. The molecule has 25 heavy (non-hydrogen) atoms. The number of aromatic hydroxyl groups is 1. The molecule has 3 rings (SSSR count). The molecule has 2 aromatic rings. The minimum atomic E-state index is -0.311. The van der Waals surface area contributed by atoms with Gasteiger partial charge in [0.25, 0.3) is 0 Å². The van der Waals surface area contributed by atoms with Crippen LogP contribution in [0.3, 0.4) is 0 Å². The Bertz CT molecular complexity index is 750. The largest absolute Gasteiger partial charge is 0.504 e. The zero-order valence-corrected chi connectivity index (χ0v) is 13.8. The van der Waals surface area contributed by atoms with E-state index in [2.05, 4.69) is 10.6 Å². The normalized spacial score (nSPS) is 15.3.